The van der Waals surface area contributed by atoms with Crippen LogP contribution in [0, 0.1) is 0 Å². The molecule has 4 heteroatoms. The van der Waals surface area contributed by atoms with Gasteiger partial charge in [0.2, 0.25) is 0 Å². The Morgan fingerprint density at radius 3 is 2.70 bits per heavy atom. The SMILES string of the molecule is CCCCCOc1ccc(C(=O)N2CCSC2C)cc1. The van der Waals surface area contributed by atoms with Crippen molar-refractivity contribution >= 4 is 17.7 Å². The third kappa shape index (κ3) is 3.92. The third-order valence-electron chi connectivity index (χ3n) is 3.51. The summed E-state index contributed by atoms with van der Waals surface area (Å²) in [6.45, 7) is 5.86. The van der Waals surface area contributed by atoms with Gasteiger partial charge >= 0.3 is 0 Å². The van der Waals surface area contributed by atoms with Crippen molar-refractivity contribution in [2.24, 2.45) is 0 Å². The van der Waals surface area contributed by atoms with Crippen LogP contribution >= 0.6 is 11.8 Å². The number of nitrogens with zero attached hydrogens (tertiary/aromatic N) is 1. The molecule has 1 atom stereocenters. The molecule has 1 fully saturated rings. The van der Waals surface area contributed by atoms with Crippen molar-refractivity contribution in [2.75, 3.05) is 18.9 Å². The van der Waals surface area contributed by atoms with Crippen molar-refractivity contribution in [3.05, 3.63) is 29.8 Å². The molecule has 2 rings (SSSR count). The average Bonchev–Trinajstić information content (AvgIpc) is 2.90. The van der Waals surface area contributed by atoms with Crippen LogP contribution in [0.5, 0.6) is 5.75 Å². The predicted octanol–water partition coefficient (Wildman–Crippen LogP) is 3.79. The van der Waals surface area contributed by atoms with Crippen LogP contribution in [0.4, 0.5) is 0 Å². The quantitative estimate of drug-likeness (QED) is 0.747. The lowest BCUT2D eigenvalue weighted by Gasteiger charge is -2.20. The second-order valence-corrected chi connectivity index (χ2v) is 6.47. The monoisotopic (exact) mass is 293 g/mol. The van der Waals surface area contributed by atoms with Crippen LogP contribution in [-0.4, -0.2) is 35.1 Å². The van der Waals surface area contributed by atoms with Gasteiger partial charge in [-0.25, -0.2) is 0 Å². The molecule has 1 amide bonds. The summed E-state index contributed by atoms with van der Waals surface area (Å²) in [4.78, 5) is 14.3. The number of benzene rings is 1. The largest absolute Gasteiger partial charge is 0.494 e. The lowest BCUT2D eigenvalue weighted by Crippen LogP contribution is -2.33. The van der Waals surface area contributed by atoms with E-state index < -0.39 is 0 Å². The highest BCUT2D eigenvalue weighted by molar-refractivity contribution is 8.00. The van der Waals surface area contributed by atoms with E-state index in [9.17, 15) is 4.79 Å². The van der Waals surface area contributed by atoms with Gasteiger partial charge in [-0.05, 0) is 37.6 Å². The van der Waals surface area contributed by atoms with E-state index in [2.05, 4.69) is 13.8 Å². The number of carbonyl (C=O) groups is 1. The molecule has 1 heterocycles. The van der Waals surface area contributed by atoms with Crippen LogP contribution in [0.2, 0.25) is 0 Å². The first-order chi connectivity index (χ1) is 9.72. The van der Waals surface area contributed by atoms with E-state index in [1.54, 1.807) is 0 Å². The van der Waals surface area contributed by atoms with E-state index in [1.165, 1.54) is 12.8 Å². The number of ether oxygens (including phenoxy) is 1. The second-order valence-electron chi connectivity index (χ2n) is 5.05. The maximum absolute atomic E-state index is 12.3. The Morgan fingerprint density at radius 2 is 2.10 bits per heavy atom. The fourth-order valence-electron chi connectivity index (χ4n) is 2.26. The topological polar surface area (TPSA) is 29.5 Å². The summed E-state index contributed by atoms with van der Waals surface area (Å²) >= 11 is 1.83. The molecule has 0 spiro atoms. The van der Waals surface area contributed by atoms with Gasteiger partial charge in [-0.3, -0.25) is 4.79 Å². The molecule has 1 aliphatic rings. The first kappa shape index (κ1) is 15.2. The number of unbranched alkanes of at least 4 members (excludes halogenated alkanes) is 2. The normalized spacial score (nSPS) is 18.3. The zero-order valence-electron chi connectivity index (χ0n) is 12.3. The van der Waals surface area contributed by atoms with Crippen molar-refractivity contribution in [2.45, 2.75) is 38.5 Å². The van der Waals surface area contributed by atoms with Gasteiger partial charge in [0.05, 0.1) is 12.0 Å². The molecule has 0 N–H and O–H groups in total. The molecule has 1 aromatic carbocycles. The molecule has 0 aliphatic carbocycles. The highest BCUT2D eigenvalue weighted by Crippen LogP contribution is 2.25. The second kappa shape index (κ2) is 7.58. The molecule has 1 aromatic rings. The van der Waals surface area contributed by atoms with E-state index in [0.717, 1.165) is 36.6 Å². The van der Waals surface area contributed by atoms with Crippen LogP contribution in [0.25, 0.3) is 0 Å². The molecule has 20 heavy (non-hydrogen) atoms. The van der Waals surface area contributed by atoms with Gasteiger partial charge in [-0.1, -0.05) is 19.8 Å². The van der Waals surface area contributed by atoms with E-state index in [-0.39, 0.29) is 11.3 Å². The van der Waals surface area contributed by atoms with E-state index in [4.69, 9.17) is 4.74 Å². The Hall–Kier alpha value is -1.16. The first-order valence-electron chi connectivity index (χ1n) is 7.38. The third-order valence-corrected chi connectivity index (χ3v) is 4.66. The average molecular weight is 293 g/mol. The summed E-state index contributed by atoms with van der Waals surface area (Å²) in [5.41, 5.74) is 0.750. The zero-order valence-corrected chi connectivity index (χ0v) is 13.1. The molecular formula is C16H23NO2S. The highest BCUT2D eigenvalue weighted by atomic mass is 32.2. The Bertz CT molecular complexity index is 433. The van der Waals surface area contributed by atoms with Crippen molar-refractivity contribution in [3.63, 3.8) is 0 Å². The van der Waals surface area contributed by atoms with Gasteiger partial charge in [0.25, 0.3) is 5.91 Å². The van der Waals surface area contributed by atoms with E-state index in [1.807, 2.05) is 40.9 Å². The Balaban J connectivity index is 1.89. The van der Waals surface area contributed by atoms with Gasteiger partial charge in [0, 0.05) is 17.9 Å². The fraction of sp³-hybridized carbons (Fsp3) is 0.562. The van der Waals surface area contributed by atoms with Crippen LogP contribution < -0.4 is 4.74 Å². The zero-order chi connectivity index (χ0) is 14.4. The molecule has 0 bridgehead atoms. The van der Waals surface area contributed by atoms with Gasteiger partial charge in [0.1, 0.15) is 5.75 Å². The van der Waals surface area contributed by atoms with Crippen molar-refractivity contribution in [3.8, 4) is 5.75 Å². The lowest BCUT2D eigenvalue weighted by atomic mass is 10.2. The number of hydrogen-bond acceptors (Lipinski definition) is 3. The number of carbonyl (C=O) groups excluding carboxylic acids is 1. The van der Waals surface area contributed by atoms with Gasteiger partial charge < -0.3 is 9.64 Å². The summed E-state index contributed by atoms with van der Waals surface area (Å²) in [6, 6.07) is 7.53. The molecule has 1 aliphatic heterocycles. The summed E-state index contributed by atoms with van der Waals surface area (Å²) < 4.78 is 5.66. The molecule has 3 nitrogen and oxygen atoms in total. The van der Waals surface area contributed by atoms with Crippen LogP contribution in [0.15, 0.2) is 24.3 Å². The van der Waals surface area contributed by atoms with E-state index >= 15 is 0 Å². The minimum atomic E-state index is 0.125. The molecule has 0 saturated carbocycles. The minimum absolute atomic E-state index is 0.125. The standard InChI is InChI=1S/C16H23NO2S/c1-3-4-5-11-19-15-8-6-14(7-9-15)16(18)17-10-12-20-13(17)2/h6-9,13H,3-5,10-12H2,1-2H3. The molecule has 110 valence electrons. The molecular weight excluding hydrogens is 270 g/mol. The Labute approximate surface area is 125 Å². The highest BCUT2D eigenvalue weighted by Gasteiger charge is 2.26. The maximum Gasteiger partial charge on any atom is 0.254 e. The van der Waals surface area contributed by atoms with Gasteiger partial charge in [0.15, 0.2) is 0 Å². The molecule has 1 unspecified atom stereocenters. The summed E-state index contributed by atoms with van der Waals surface area (Å²) in [5.74, 6) is 2.01. The Morgan fingerprint density at radius 1 is 1.35 bits per heavy atom. The minimum Gasteiger partial charge on any atom is -0.494 e. The van der Waals surface area contributed by atoms with Gasteiger partial charge in [-0.15, -0.1) is 11.8 Å². The maximum atomic E-state index is 12.3. The van der Waals surface area contributed by atoms with Crippen molar-refractivity contribution < 1.29 is 9.53 Å². The first-order valence-corrected chi connectivity index (χ1v) is 8.42. The molecule has 0 aromatic heterocycles. The van der Waals surface area contributed by atoms with Crippen LogP contribution in [0.1, 0.15) is 43.5 Å². The van der Waals surface area contributed by atoms with E-state index in [0.29, 0.717) is 0 Å². The number of amides is 1. The smallest absolute Gasteiger partial charge is 0.254 e. The Kier molecular flexibility index (Phi) is 5.77. The van der Waals surface area contributed by atoms with Gasteiger partial charge in [-0.2, -0.15) is 0 Å². The number of hydrogen-bond donors (Lipinski definition) is 0. The van der Waals surface area contributed by atoms with Crippen LogP contribution in [-0.2, 0) is 0 Å². The van der Waals surface area contributed by atoms with Crippen molar-refractivity contribution in [1.29, 1.82) is 0 Å². The summed E-state index contributed by atoms with van der Waals surface area (Å²) in [7, 11) is 0. The number of thioether (sulfide) groups is 1. The summed E-state index contributed by atoms with van der Waals surface area (Å²) in [5, 5.41) is 0.285. The van der Waals surface area contributed by atoms with Crippen LogP contribution in [0.3, 0.4) is 0 Å². The van der Waals surface area contributed by atoms with Crippen molar-refractivity contribution in [1.82, 2.24) is 4.90 Å². The predicted molar refractivity (Wildman–Crippen MR) is 84.4 cm³/mol. The molecule has 0 radical (unpaired) electrons. The fourth-order valence-corrected chi connectivity index (χ4v) is 3.29. The number of rotatable bonds is 6. The summed E-state index contributed by atoms with van der Waals surface area (Å²) in [6.07, 6.45) is 3.48. The lowest BCUT2D eigenvalue weighted by molar-refractivity contribution is 0.0768. The molecule has 1 saturated heterocycles.